The molecule has 146 valence electrons. The van der Waals surface area contributed by atoms with Crippen molar-refractivity contribution in [2.75, 3.05) is 18.0 Å². The number of likely N-dealkylation sites (tertiary alicyclic amines) is 1. The van der Waals surface area contributed by atoms with Crippen molar-refractivity contribution in [1.82, 2.24) is 29.5 Å². The van der Waals surface area contributed by atoms with E-state index < -0.39 is 0 Å². The fourth-order valence-corrected chi connectivity index (χ4v) is 5.03. The third-order valence-corrected chi connectivity index (χ3v) is 6.36. The van der Waals surface area contributed by atoms with Crippen LogP contribution < -0.4 is 4.90 Å². The van der Waals surface area contributed by atoms with Gasteiger partial charge in [0.15, 0.2) is 5.65 Å². The minimum Gasteiger partial charge on any atom is -0.351 e. The molecule has 8 heteroatoms. The molecule has 0 unspecified atom stereocenters. The number of amides is 1. The summed E-state index contributed by atoms with van der Waals surface area (Å²) in [6.45, 7) is 1.72. The summed E-state index contributed by atoms with van der Waals surface area (Å²) in [7, 11) is 0. The van der Waals surface area contributed by atoms with Gasteiger partial charge in [-0.15, -0.1) is 0 Å². The van der Waals surface area contributed by atoms with Gasteiger partial charge in [-0.05, 0) is 18.9 Å². The van der Waals surface area contributed by atoms with E-state index in [1.54, 1.807) is 12.4 Å². The van der Waals surface area contributed by atoms with E-state index in [2.05, 4.69) is 34.4 Å². The largest absolute Gasteiger partial charge is 0.351 e. The Morgan fingerprint density at radius 2 is 2.03 bits per heavy atom. The number of benzene rings is 1. The van der Waals surface area contributed by atoms with Crippen LogP contribution in [0.5, 0.6) is 0 Å². The number of carbonyl (C=O) groups is 1. The Hall–Kier alpha value is -3.42. The number of H-pyrrole nitrogens is 1. The zero-order valence-corrected chi connectivity index (χ0v) is 15.9. The first-order valence-electron chi connectivity index (χ1n) is 10.0. The molecule has 2 fully saturated rings. The molecule has 1 N–H and O–H groups in total. The number of hydrogen-bond acceptors (Lipinski definition) is 5. The van der Waals surface area contributed by atoms with E-state index in [0.717, 1.165) is 54.0 Å². The molecule has 3 aromatic heterocycles. The van der Waals surface area contributed by atoms with Crippen LogP contribution in [0.1, 0.15) is 18.5 Å². The normalized spacial score (nSPS) is 21.4. The van der Waals surface area contributed by atoms with Gasteiger partial charge in [-0.2, -0.15) is 5.10 Å². The minimum absolute atomic E-state index is 0.174. The molecular weight excluding hydrogens is 366 g/mol. The van der Waals surface area contributed by atoms with Gasteiger partial charge in [0.05, 0.1) is 42.1 Å². The van der Waals surface area contributed by atoms with Gasteiger partial charge >= 0.3 is 0 Å². The van der Waals surface area contributed by atoms with Crippen molar-refractivity contribution in [2.45, 2.75) is 31.3 Å². The summed E-state index contributed by atoms with van der Waals surface area (Å²) in [5, 5.41) is 8.40. The SMILES string of the molecule is O=C(Cc1[nH]nc2ccccc12)N1CC[C@H]2[C@@H]1CCN2c1cncc2nccn12. The van der Waals surface area contributed by atoms with Crippen molar-refractivity contribution in [2.24, 2.45) is 0 Å². The second-order valence-electron chi connectivity index (χ2n) is 7.81. The highest BCUT2D eigenvalue weighted by molar-refractivity contribution is 5.87. The molecule has 1 aromatic carbocycles. The van der Waals surface area contributed by atoms with E-state index in [1.165, 1.54) is 0 Å². The third kappa shape index (κ3) is 2.52. The van der Waals surface area contributed by atoms with Crippen molar-refractivity contribution in [3.8, 4) is 0 Å². The van der Waals surface area contributed by atoms with Crippen LogP contribution in [-0.4, -0.2) is 60.5 Å². The summed E-state index contributed by atoms with van der Waals surface area (Å²) in [5.41, 5.74) is 2.65. The summed E-state index contributed by atoms with van der Waals surface area (Å²) in [5.74, 6) is 1.23. The van der Waals surface area contributed by atoms with Gasteiger partial charge in [0.1, 0.15) is 5.82 Å². The van der Waals surface area contributed by atoms with Crippen LogP contribution in [0, 0.1) is 0 Å². The first-order chi connectivity index (χ1) is 14.3. The number of hydrogen-bond donors (Lipinski definition) is 1. The standard InChI is InChI=1S/C21H21N7O/c29-21(11-16-14-3-1-2-4-15(14)24-25-16)27-9-6-17-18(27)5-8-26(17)20-13-22-12-19-23-7-10-28(19)20/h1-4,7,10,12-13,17-18H,5-6,8-9,11H2,(H,24,25)/t17-,18-/m0/s1. The predicted octanol–water partition coefficient (Wildman–Crippen LogP) is 2.03. The number of nitrogens with zero attached hydrogens (tertiary/aromatic N) is 6. The number of carbonyl (C=O) groups excluding carboxylic acids is 1. The highest BCUT2D eigenvalue weighted by Crippen LogP contribution is 2.35. The van der Waals surface area contributed by atoms with E-state index in [9.17, 15) is 4.79 Å². The van der Waals surface area contributed by atoms with Crippen LogP contribution in [0.25, 0.3) is 16.6 Å². The van der Waals surface area contributed by atoms with Crippen LogP contribution >= 0.6 is 0 Å². The Balaban J connectivity index is 1.24. The van der Waals surface area contributed by atoms with Crippen LogP contribution in [0.4, 0.5) is 5.82 Å². The van der Waals surface area contributed by atoms with Crippen LogP contribution in [0.2, 0.25) is 0 Å². The van der Waals surface area contributed by atoms with Crippen molar-refractivity contribution >= 4 is 28.3 Å². The summed E-state index contributed by atoms with van der Waals surface area (Å²) < 4.78 is 2.08. The first-order valence-corrected chi connectivity index (χ1v) is 10.0. The average molecular weight is 387 g/mol. The Morgan fingerprint density at radius 1 is 1.14 bits per heavy atom. The Bertz CT molecular complexity index is 1210. The second-order valence-corrected chi connectivity index (χ2v) is 7.81. The summed E-state index contributed by atoms with van der Waals surface area (Å²) in [6, 6.07) is 8.50. The van der Waals surface area contributed by atoms with Crippen LogP contribution in [0.3, 0.4) is 0 Å². The molecule has 0 radical (unpaired) electrons. The molecule has 2 saturated heterocycles. The Labute approximate surface area is 167 Å². The zero-order valence-electron chi connectivity index (χ0n) is 15.9. The van der Waals surface area contributed by atoms with Gasteiger partial charge in [-0.3, -0.25) is 19.3 Å². The van der Waals surface area contributed by atoms with Crippen molar-refractivity contribution < 1.29 is 4.79 Å². The number of fused-ring (bicyclic) bond motifs is 3. The maximum absolute atomic E-state index is 13.1. The maximum Gasteiger partial charge on any atom is 0.228 e. The molecule has 1 amide bonds. The number of nitrogens with one attached hydrogen (secondary N) is 1. The molecule has 5 heterocycles. The number of rotatable bonds is 3. The molecule has 2 aliphatic rings. The summed E-state index contributed by atoms with van der Waals surface area (Å²) in [4.78, 5) is 26.3. The van der Waals surface area contributed by atoms with Gasteiger partial charge in [0.25, 0.3) is 0 Å². The van der Waals surface area contributed by atoms with Crippen molar-refractivity contribution in [3.05, 3.63) is 54.7 Å². The molecule has 0 spiro atoms. The van der Waals surface area contributed by atoms with Gasteiger partial charge in [0.2, 0.25) is 5.91 Å². The second kappa shape index (κ2) is 6.30. The number of aromatic amines is 1. The van der Waals surface area contributed by atoms with Gasteiger partial charge in [0, 0.05) is 30.9 Å². The van der Waals surface area contributed by atoms with Gasteiger partial charge in [-0.25, -0.2) is 4.98 Å². The fourth-order valence-electron chi connectivity index (χ4n) is 5.03. The predicted molar refractivity (Wildman–Crippen MR) is 109 cm³/mol. The summed E-state index contributed by atoms with van der Waals surface area (Å²) >= 11 is 0. The number of anilines is 1. The Morgan fingerprint density at radius 3 is 3.00 bits per heavy atom. The Kier molecular flexibility index (Phi) is 3.59. The molecule has 6 rings (SSSR count). The van der Waals surface area contributed by atoms with E-state index in [4.69, 9.17) is 0 Å². The zero-order chi connectivity index (χ0) is 19.4. The average Bonchev–Trinajstić information content (AvgIpc) is 3.51. The van der Waals surface area contributed by atoms with Crippen molar-refractivity contribution in [1.29, 1.82) is 0 Å². The lowest BCUT2D eigenvalue weighted by atomic mass is 10.1. The quantitative estimate of drug-likeness (QED) is 0.582. The lowest BCUT2D eigenvalue weighted by Gasteiger charge is -2.27. The molecule has 0 aliphatic carbocycles. The molecule has 0 bridgehead atoms. The highest BCUT2D eigenvalue weighted by Gasteiger charge is 2.45. The van der Waals surface area contributed by atoms with E-state index in [0.29, 0.717) is 12.5 Å². The fraction of sp³-hybridized carbons (Fsp3) is 0.333. The van der Waals surface area contributed by atoms with E-state index in [1.807, 2.05) is 36.7 Å². The first kappa shape index (κ1) is 16.5. The maximum atomic E-state index is 13.1. The molecule has 2 aliphatic heterocycles. The minimum atomic E-state index is 0.174. The van der Waals surface area contributed by atoms with Gasteiger partial charge in [-0.1, -0.05) is 18.2 Å². The van der Waals surface area contributed by atoms with Crippen LogP contribution in [-0.2, 0) is 11.2 Å². The highest BCUT2D eigenvalue weighted by atomic mass is 16.2. The number of imidazole rings is 1. The smallest absolute Gasteiger partial charge is 0.228 e. The number of para-hydroxylation sites is 1. The third-order valence-electron chi connectivity index (χ3n) is 6.36. The lowest BCUT2D eigenvalue weighted by Crippen LogP contribution is -2.40. The topological polar surface area (TPSA) is 82.4 Å². The van der Waals surface area contributed by atoms with Crippen molar-refractivity contribution in [3.63, 3.8) is 0 Å². The molecule has 4 aromatic rings. The molecule has 0 saturated carbocycles. The monoisotopic (exact) mass is 387 g/mol. The van der Waals surface area contributed by atoms with E-state index in [-0.39, 0.29) is 11.9 Å². The number of aromatic nitrogens is 5. The van der Waals surface area contributed by atoms with E-state index >= 15 is 0 Å². The molecule has 8 nitrogen and oxygen atoms in total. The summed E-state index contributed by atoms with van der Waals surface area (Å²) in [6.07, 6.45) is 9.77. The molecule has 29 heavy (non-hydrogen) atoms. The molecular formula is C21H21N7O. The molecule has 2 atom stereocenters. The van der Waals surface area contributed by atoms with Crippen LogP contribution in [0.15, 0.2) is 49.1 Å². The van der Waals surface area contributed by atoms with Gasteiger partial charge < -0.3 is 9.80 Å². The lowest BCUT2D eigenvalue weighted by molar-refractivity contribution is -0.131.